The van der Waals surface area contributed by atoms with E-state index in [-0.39, 0.29) is 23.1 Å². The van der Waals surface area contributed by atoms with Crippen LogP contribution in [0.3, 0.4) is 0 Å². The van der Waals surface area contributed by atoms with Gasteiger partial charge in [0.2, 0.25) is 5.91 Å². The highest BCUT2D eigenvalue weighted by molar-refractivity contribution is 7.99. The van der Waals surface area contributed by atoms with Crippen molar-refractivity contribution in [2.45, 2.75) is 83.0 Å². The number of thioether (sulfide) groups is 1. The number of nitrogens with one attached hydrogen (secondary N) is 2. The Labute approximate surface area is 188 Å². The predicted molar refractivity (Wildman–Crippen MR) is 124 cm³/mol. The first kappa shape index (κ1) is 23.3. The first-order valence-corrected chi connectivity index (χ1v) is 11.9. The van der Waals surface area contributed by atoms with Gasteiger partial charge >= 0.3 is 6.03 Å². The van der Waals surface area contributed by atoms with Crippen LogP contribution in [0.5, 0.6) is 0 Å². The topological polar surface area (TPSA) is 88.9 Å². The summed E-state index contributed by atoms with van der Waals surface area (Å²) in [6.45, 7) is 10.3. The number of rotatable bonds is 6. The van der Waals surface area contributed by atoms with Gasteiger partial charge in [-0.1, -0.05) is 69.6 Å². The zero-order valence-corrected chi connectivity index (χ0v) is 19.9. The summed E-state index contributed by atoms with van der Waals surface area (Å²) >= 11 is 1.32. The van der Waals surface area contributed by atoms with E-state index in [1.807, 2.05) is 13.8 Å². The molecule has 1 saturated carbocycles. The van der Waals surface area contributed by atoms with Crippen LogP contribution < -0.4 is 10.6 Å². The van der Waals surface area contributed by atoms with E-state index in [1.54, 1.807) is 0 Å². The van der Waals surface area contributed by atoms with Crippen LogP contribution in [0.1, 0.15) is 71.9 Å². The van der Waals surface area contributed by atoms with E-state index >= 15 is 0 Å². The van der Waals surface area contributed by atoms with Crippen LogP contribution in [0.15, 0.2) is 29.4 Å². The van der Waals surface area contributed by atoms with Gasteiger partial charge < -0.3 is 5.32 Å². The molecule has 0 aliphatic heterocycles. The first-order chi connectivity index (χ1) is 14.6. The number of aromatic nitrogens is 3. The number of nitrogens with zero attached hydrogens (tertiary/aromatic N) is 3. The molecular weight excluding hydrogens is 410 g/mol. The lowest BCUT2D eigenvalue weighted by atomic mass is 9.86. The summed E-state index contributed by atoms with van der Waals surface area (Å²) in [6.07, 6.45) is 4.54. The molecule has 1 aromatic heterocycles. The summed E-state index contributed by atoms with van der Waals surface area (Å²) in [5, 5.41) is 14.6. The van der Waals surface area contributed by atoms with Gasteiger partial charge in [-0.25, -0.2) is 4.79 Å². The van der Waals surface area contributed by atoms with Crippen molar-refractivity contribution < 1.29 is 9.59 Å². The Bertz CT molecular complexity index is 909. The Balaban J connectivity index is 1.78. The van der Waals surface area contributed by atoms with Crippen molar-refractivity contribution in [3.05, 3.63) is 29.8 Å². The molecule has 1 aliphatic carbocycles. The highest BCUT2D eigenvalue weighted by Gasteiger charge is 2.26. The zero-order chi connectivity index (χ0) is 22.6. The van der Waals surface area contributed by atoms with Crippen LogP contribution >= 0.6 is 11.8 Å². The average Bonchev–Trinajstić information content (AvgIpc) is 3.34. The van der Waals surface area contributed by atoms with Crippen LogP contribution in [0.25, 0.3) is 11.4 Å². The fraction of sp³-hybridized carbons (Fsp3) is 0.565. The van der Waals surface area contributed by atoms with Gasteiger partial charge in [-0.2, -0.15) is 0 Å². The minimum absolute atomic E-state index is 0.0295. The summed E-state index contributed by atoms with van der Waals surface area (Å²) in [5.41, 5.74) is 2.39. The van der Waals surface area contributed by atoms with E-state index in [9.17, 15) is 9.59 Å². The standard InChI is InChI=1S/C23H33N5O2S/c1-15(2)24-21(30)25-19(29)14-31-22-27-26-20(28(22)18-8-6-7-9-18)16-10-12-17(13-11-16)23(3,4)5/h10-13,15,18H,6-9,14H2,1-5H3,(H2,24,25,29,30). The van der Waals surface area contributed by atoms with Crippen molar-refractivity contribution in [3.8, 4) is 11.4 Å². The van der Waals surface area contributed by atoms with Crippen molar-refractivity contribution in [3.63, 3.8) is 0 Å². The Morgan fingerprint density at radius 2 is 1.77 bits per heavy atom. The molecule has 1 aliphatic rings. The second kappa shape index (κ2) is 9.85. The van der Waals surface area contributed by atoms with Crippen LogP contribution in [0, 0.1) is 0 Å². The quantitative estimate of drug-likeness (QED) is 0.633. The fourth-order valence-electron chi connectivity index (χ4n) is 3.77. The van der Waals surface area contributed by atoms with Crippen molar-refractivity contribution in [1.29, 1.82) is 0 Å². The summed E-state index contributed by atoms with van der Waals surface area (Å²) in [7, 11) is 0. The molecule has 0 saturated heterocycles. The molecule has 0 atom stereocenters. The molecule has 0 radical (unpaired) electrons. The number of imide groups is 1. The van der Waals surface area contributed by atoms with Crippen LogP contribution in [-0.2, 0) is 10.2 Å². The Morgan fingerprint density at radius 1 is 1.13 bits per heavy atom. The van der Waals surface area contributed by atoms with E-state index in [1.165, 1.54) is 30.2 Å². The molecule has 1 aromatic carbocycles. The van der Waals surface area contributed by atoms with Gasteiger partial charge in [-0.3, -0.25) is 14.7 Å². The maximum atomic E-state index is 12.2. The van der Waals surface area contributed by atoms with Crippen molar-refractivity contribution in [2.75, 3.05) is 5.75 Å². The monoisotopic (exact) mass is 443 g/mol. The second-order valence-electron chi connectivity index (χ2n) is 9.41. The largest absolute Gasteiger partial charge is 0.336 e. The third-order valence-electron chi connectivity index (χ3n) is 5.37. The third-order valence-corrected chi connectivity index (χ3v) is 6.31. The SMILES string of the molecule is CC(C)NC(=O)NC(=O)CSc1nnc(-c2ccc(C(C)(C)C)cc2)n1C1CCCC1. The molecule has 0 unspecified atom stereocenters. The average molecular weight is 444 g/mol. The summed E-state index contributed by atoms with van der Waals surface area (Å²) in [6, 6.07) is 8.34. The fourth-order valence-corrected chi connectivity index (χ4v) is 4.58. The summed E-state index contributed by atoms with van der Waals surface area (Å²) < 4.78 is 2.19. The highest BCUT2D eigenvalue weighted by atomic mass is 32.2. The smallest absolute Gasteiger partial charge is 0.321 e. The Morgan fingerprint density at radius 3 is 2.35 bits per heavy atom. The lowest BCUT2D eigenvalue weighted by Gasteiger charge is -2.20. The lowest BCUT2D eigenvalue weighted by Crippen LogP contribution is -2.43. The van der Waals surface area contributed by atoms with Crippen molar-refractivity contribution in [2.24, 2.45) is 0 Å². The van der Waals surface area contributed by atoms with Gasteiger partial charge in [0, 0.05) is 17.6 Å². The van der Waals surface area contributed by atoms with Crippen LogP contribution in [0.2, 0.25) is 0 Å². The molecule has 3 amide bonds. The molecule has 8 heteroatoms. The molecule has 7 nitrogen and oxygen atoms in total. The number of carbonyl (C=O) groups excluding carboxylic acids is 2. The number of benzene rings is 1. The molecule has 31 heavy (non-hydrogen) atoms. The van der Waals surface area contributed by atoms with E-state index in [2.05, 4.69) is 70.4 Å². The predicted octanol–water partition coefficient (Wildman–Crippen LogP) is 4.68. The normalized spacial score (nSPS) is 14.8. The van der Waals surface area contributed by atoms with Crippen molar-refractivity contribution in [1.82, 2.24) is 25.4 Å². The van der Waals surface area contributed by atoms with Gasteiger partial charge in [0.15, 0.2) is 11.0 Å². The minimum Gasteiger partial charge on any atom is -0.336 e. The Hall–Kier alpha value is -2.35. The van der Waals surface area contributed by atoms with Gasteiger partial charge in [-0.05, 0) is 37.7 Å². The molecule has 0 bridgehead atoms. The molecule has 3 rings (SSSR count). The van der Waals surface area contributed by atoms with Crippen molar-refractivity contribution >= 4 is 23.7 Å². The molecule has 0 spiro atoms. The van der Waals surface area contributed by atoms with E-state index in [0.717, 1.165) is 29.4 Å². The van der Waals surface area contributed by atoms with E-state index in [4.69, 9.17) is 0 Å². The van der Waals surface area contributed by atoms with Crippen LogP contribution in [-0.4, -0.2) is 38.5 Å². The molecular formula is C23H33N5O2S. The molecule has 2 N–H and O–H groups in total. The van der Waals surface area contributed by atoms with Crippen LogP contribution in [0.4, 0.5) is 4.79 Å². The number of urea groups is 1. The Kier molecular flexibility index (Phi) is 7.41. The van der Waals surface area contributed by atoms with E-state index in [0.29, 0.717) is 6.04 Å². The van der Waals surface area contributed by atoms with Gasteiger partial charge in [0.05, 0.1) is 5.75 Å². The maximum absolute atomic E-state index is 12.2. The van der Waals surface area contributed by atoms with Gasteiger partial charge in [0.1, 0.15) is 0 Å². The van der Waals surface area contributed by atoms with Gasteiger partial charge in [0.25, 0.3) is 0 Å². The highest BCUT2D eigenvalue weighted by Crippen LogP contribution is 2.37. The first-order valence-electron chi connectivity index (χ1n) is 10.9. The second-order valence-corrected chi connectivity index (χ2v) is 10.3. The number of hydrogen-bond acceptors (Lipinski definition) is 5. The van der Waals surface area contributed by atoms with Gasteiger partial charge in [-0.15, -0.1) is 10.2 Å². The molecule has 168 valence electrons. The number of carbonyl (C=O) groups is 2. The number of hydrogen-bond donors (Lipinski definition) is 2. The maximum Gasteiger partial charge on any atom is 0.321 e. The molecule has 2 aromatic rings. The minimum atomic E-state index is -0.475. The van der Waals surface area contributed by atoms with E-state index < -0.39 is 6.03 Å². The lowest BCUT2D eigenvalue weighted by molar-refractivity contribution is -0.117. The molecule has 1 fully saturated rings. The summed E-state index contributed by atoms with van der Waals surface area (Å²) in [5.74, 6) is 0.604. The zero-order valence-electron chi connectivity index (χ0n) is 19.1. The number of amides is 3. The summed E-state index contributed by atoms with van der Waals surface area (Å²) in [4.78, 5) is 24.0. The third kappa shape index (κ3) is 6.09. The molecule has 1 heterocycles.